The lowest BCUT2D eigenvalue weighted by Crippen LogP contribution is -2.48. The van der Waals surface area contributed by atoms with Crippen molar-refractivity contribution in [2.45, 2.75) is 37.8 Å². The lowest BCUT2D eigenvalue weighted by atomic mass is 10.0. The quantitative estimate of drug-likeness (QED) is 0.709. The third-order valence-corrected chi connectivity index (χ3v) is 3.49. The van der Waals surface area contributed by atoms with Gasteiger partial charge in [0, 0.05) is 6.42 Å². The number of rotatable bonds is 6. The van der Waals surface area contributed by atoms with Crippen LogP contribution in [0.2, 0.25) is 0 Å². The second-order valence-electron chi connectivity index (χ2n) is 5.08. The average molecular weight is 290 g/mol. The first kappa shape index (κ1) is 15.0. The second kappa shape index (κ2) is 6.88. The van der Waals surface area contributed by atoms with E-state index in [1.807, 2.05) is 30.3 Å². The topological polar surface area (TPSA) is 95.5 Å². The largest absolute Gasteiger partial charge is 0.480 e. The number of amides is 2. The van der Waals surface area contributed by atoms with Crippen molar-refractivity contribution in [1.82, 2.24) is 10.6 Å². The Morgan fingerprint density at radius 2 is 2.05 bits per heavy atom. The summed E-state index contributed by atoms with van der Waals surface area (Å²) in [5.74, 6) is -1.67. The zero-order valence-electron chi connectivity index (χ0n) is 11.5. The fraction of sp³-hybridized carbons (Fsp3) is 0.400. The summed E-state index contributed by atoms with van der Waals surface area (Å²) >= 11 is 0. The van der Waals surface area contributed by atoms with Crippen LogP contribution in [0.15, 0.2) is 30.3 Å². The Morgan fingerprint density at radius 3 is 2.62 bits per heavy atom. The SMILES string of the molecule is O=C1CC[C@H](C(=O)NC(CCc2ccccc2)C(=O)O)N1. The molecule has 1 saturated heterocycles. The van der Waals surface area contributed by atoms with Gasteiger partial charge in [-0.2, -0.15) is 0 Å². The maximum Gasteiger partial charge on any atom is 0.326 e. The molecule has 2 amide bonds. The Kier molecular flexibility index (Phi) is 4.92. The van der Waals surface area contributed by atoms with Crippen molar-refractivity contribution in [3.05, 3.63) is 35.9 Å². The molecule has 0 bridgehead atoms. The van der Waals surface area contributed by atoms with Crippen molar-refractivity contribution in [1.29, 1.82) is 0 Å². The highest BCUT2D eigenvalue weighted by Crippen LogP contribution is 2.09. The molecule has 3 N–H and O–H groups in total. The van der Waals surface area contributed by atoms with Crippen molar-refractivity contribution >= 4 is 17.8 Å². The Hall–Kier alpha value is -2.37. The second-order valence-corrected chi connectivity index (χ2v) is 5.08. The van der Waals surface area contributed by atoms with Crippen molar-refractivity contribution in [3.8, 4) is 0 Å². The number of carboxylic acids is 1. The van der Waals surface area contributed by atoms with Gasteiger partial charge in [0.05, 0.1) is 0 Å². The van der Waals surface area contributed by atoms with E-state index in [4.69, 9.17) is 0 Å². The molecule has 0 aromatic heterocycles. The normalized spacial score (nSPS) is 18.9. The predicted octanol–water partition coefficient (Wildman–Crippen LogP) is 0.467. The van der Waals surface area contributed by atoms with Crippen LogP contribution < -0.4 is 10.6 Å². The van der Waals surface area contributed by atoms with Crippen LogP contribution in [-0.4, -0.2) is 35.0 Å². The maximum atomic E-state index is 11.9. The summed E-state index contributed by atoms with van der Waals surface area (Å²) in [6, 6.07) is 7.93. The molecule has 1 heterocycles. The number of hydrogen-bond donors (Lipinski definition) is 3. The van der Waals surface area contributed by atoms with Gasteiger partial charge < -0.3 is 15.7 Å². The summed E-state index contributed by atoms with van der Waals surface area (Å²) in [7, 11) is 0. The van der Waals surface area contributed by atoms with Crippen LogP contribution in [-0.2, 0) is 20.8 Å². The minimum absolute atomic E-state index is 0.175. The zero-order valence-corrected chi connectivity index (χ0v) is 11.5. The summed E-state index contributed by atoms with van der Waals surface area (Å²) in [4.78, 5) is 34.2. The van der Waals surface area contributed by atoms with E-state index in [0.29, 0.717) is 25.7 Å². The van der Waals surface area contributed by atoms with Gasteiger partial charge in [0.15, 0.2) is 0 Å². The maximum absolute atomic E-state index is 11.9. The lowest BCUT2D eigenvalue weighted by molar-refractivity contribution is -0.142. The van der Waals surface area contributed by atoms with E-state index in [-0.39, 0.29) is 5.91 Å². The number of nitrogens with one attached hydrogen (secondary N) is 2. The summed E-state index contributed by atoms with van der Waals surface area (Å²) < 4.78 is 0. The van der Waals surface area contributed by atoms with Crippen molar-refractivity contribution in [2.24, 2.45) is 0 Å². The third kappa shape index (κ3) is 4.30. The molecule has 0 aliphatic carbocycles. The third-order valence-electron chi connectivity index (χ3n) is 3.49. The zero-order chi connectivity index (χ0) is 15.2. The number of benzene rings is 1. The van der Waals surface area contributed by atoms with E-state index in [1.54, 1.807) is 0 Å². The molecule has 6 heteroatoms. The van der Waals surface area contributed by atoms with Gasteiger partial charge >= 0.3 is 5.97 Å². The van der Waals surface area contributed by atoms with Gasteiger partial charge in [-0.15, -0.1) is 0 Å². The molecule has 21 heavy (non-hydrogen) atoms. The van der Waals surface area contributed by atoms with E-state index in [1.165, 1.54) is 0 Å². The first-order valence-corrected chi connectivity index (χ1v) is 6.92. The van der Waals surface area contributed by atoms with Crippen LogP contribution in [0.1, 0.15) is 24.8 Å². The van der Waals surface area contributed by atoms with Gasteiger partial charge in [-0.3, -0.25) is 9.59 Å². The van der Waals surface area contributed by atoms with E-state index in [2.05, 4.69) is 10.6 Å². The molecule has 1 unspecified atom stereocenters. The molecule has 0 spiro atoms. The van der Waals surface area contributed by atoms with Gasteiger partial charge in [0.1, 0.15) is 12.1 Å². The average Bonchev–Trinajstić information content (AvgIpc) is 2.90. The van der Waals surface area contributed by atoms with Gasteiger partial charge in [0.25, 0.3) is 0 Å². The molecule has 0 saturated carbocycles. The van der Waals surface area contributed by atoms with E-state index >= 15 is 0 Å². The number of carbonyl (C=O) groups excluding carboxylic acids is 2. The minimum Gasteiger partial charge on any atom is -0.480 e. The lowest BCUT2D eigenvalue weighted by Gasteiger charge is -2.17. The van der Waals surface area contributed by atoms with Gasteiger partial charge in [-0.05, 0) is 24.8 Å². The van der Waals surface area contributed by atoms with Crippen LogP contribution in [0.3, 0.4) is 0 Å². The molecule has 1 fully saturated rings. The van der Waals surface area contributed by atoms with Crippen LogP contribution in [0, 0.1) is 0 Å². The molecule has 2 rings (SSSR count). The Morgan fingerprint density at radius 1 is 1.33 bits per heavy atom. The molecule has 6 nitrogen and oxygen atoms in total. The first-order chi connectivity index (χ1) is 10.1. The van der Waals surface area contributed by atoms with Crippen molar-refractivity contribution in [2.75, 3.05) is 0 Å². The van der Waals surface area contributed by atoms with Crippen LogP contribution in [0.5, 0.6) is 0 Å². The number of carboxylic acid groups (broad SMARTS) is 1. The highest BCUT2D eigenvalue weighted by molar-refractivity contribution is 5.92. The Labute approximate surface area is 122 Å². The van der Waals surface area contributed by atoms with E-state index in [0.717, 1.165) is 5.56 Å². The molecule has 1 aliphatic heterocycles. The summed E-state index contributed by atoms with van der Waals surface area (Å²) in [6.07, 6.45) is 1.59. The van der Waals surface area contributed by atoms with E-state index in [9.17, 15) is 19.5 Å². The van der Waals surface area contributed by atoms with Crippen LogP contribution in [0.25, 0.3) is 0 Å². The van der Waals surface area contributed by atoms with Gasteiger partial charge in [-0.25, -0.2) is 4.79 Å². The Bertz CT molecular complexity index is 530. The monoisotopic (exact) mass is 290 g/mol. The Balaban J connectivity index is 1.88. The van der Waals surface area contributed by atoms with E-state index < -0.39 is 24.0 Å². The van der Waals surface area contributed by atoms with Crippen LogP contribution >= 0.6 is 0 Å². The highest BCUT2D eigenvalue weighted by Gasteiger charge is 2.30. The number of hydrogen-bond acceptors (Lipinski definition) is 3. The standard InChI is InChI=1S/C15H18N2O4/c18-13-9-8-11(16-13)14(19)17-12(15(20)21)7-6-10-4-2-1-3-5-10/h1-5,11-12H,6-9H2,(H,16,18)(H,17,19)(H,20,21)/t11-,12?/m1/s1. The van der Waals surface area contributed by atoms with Crippen LogP contribution in [0.4, 0.5) is 0 Å². The first-order valence-electron chi connectivity index (χ1n) is 6.92. The fourth-order valence-corrected chi connectivity index (χ4v) is 2.30. The number of aliphatic carboxylic acids is 1. The molecule has 1 aromatic carbocycles. The highest BCUT2D eigenvalue weighted by atomic mass is 16.4. The minimum atomic E-state index is -1.07. The molecular weight excluding hydrogens is 272 g/mol. The molecule has 1 aromatic rings. The molecule has 0 radical (unpaired) electrons. The molecule has 1 aliphatic rings. The van der Waals surface area contributed by atoms with Crippen molar-refractivity contribution < 1.29 is 19.5 Å². The van der Waals surface area contributed by atoms with Gasteiger partial charge in [-0.1, -0.05) is 30.3 Å². The molecule has 2 atom stereocenters. The predicted molar refractivity (Wildman–Crippen MR) is 75.5 cm³/mol. The van der Waals surface area contributed by atoms with Gasteiger partial charge in [0.2, 0.25) is 11.8 Å². The summed E-state index contributed by atoms with van der Waals surface area (Å²) in [5.41, 5.74) is 1.02. The molecule has 112 valence electrons. The smallest absolute Gasteiger partial charge is 0.326 e. The fourth-order valence-electron chi connectivity index (χ4n) is 2.30. The number of aryl methyl sites for hydroxylation is 1. The number of carbonyl (C=O) groups is 3. The summed E-state index contributed by atoms with van der Waals surface area (Å²) in [5, 5.41) is 14.2. The summed E-state index contributed by atoms with van der Waals surface area (Å²) in [6.45, 7) is 0. The molecular formula is C15H18N2O4. The van der Waals surface area contributed by atoms with Crippen molar-refractivity contribution in [3.63, 3.8) is 0 Å².